The number of thioether (sulfide) groups is 1. The van der Waals surface area contributed by atoms with Crippen molar-refractivity contribution in [3.8, 4) is 0 Å². The first-order chi connectivity index (χ1) is 6.74. The fourth-order valence-electron chi connectivity index (χ4n) is 1.98. The predicted octanol–water partition coefficient (Wildman–Crippen LogP) is 1.72. The molecule has 0 spiro atoms. The molecule has 0 aromatic carbocycles. The lowest BCUT2D eigenvalue weighted by Gasteiger charge is -2.30. The fraction of sp³-hybridized carbons (Fsp3) is 0.900. The zero-order chi connectivity index (χ0) is 10.4. The van der Waals surface area contributed by atoms with Crippen molar-refractivity contribution in [3.63, 3.8) is 0 Å². The van der Waals surface area contributed by atoms with E-state index in [4.69, 9.17) is 5.11 Å². The summed E-state index contributed by atoms with van der Waals surface area (Å²) in [6.45, 7) is 0.608. The topological polar surface area (TPSA) is 49.3 Å². The summed E-state index contributed by atoms with van der Waals surface area (Å²) in [6.07, 6.45) is 7.45. The second-order valence-electron chi connectivity index (χ2n) is 3.76. The van der Waals surface area contributed by atoms with Gasteiger partial charge in [-0.1, -0.05) is 12.8 Å². The molecule has 1 saturated carbocycles. The molecule has 0 aliphatic heterocycles. The third-order valence-corrected chi connectivity index (χ3v) is 3.92. The molecule has 0 amide bonds. The molecule has 2 N–H and O–H groups in total. The van der Waals surface area contributed by atoms with Crippen LogP contribution in [0.25, 0.3) is 0 Å². The summed E-state index contributed by atoms with van der Waals surface area (Å²) >= 11 is 1.90. The van der Waals surface area contributed by atoms with Crippen LogP contribution in [0.2, 0.25) is 0 Å². The Labute approximate surface area is 89.6 Å². The first kappa shape index (κ1) is 11.9. The van der Waals surface area contributed by atoms with Gasteiger partial charge in [-0.3, -0.25) is 4.79 Å². The zero-order valence-corrected chi connectivity index (χ0v) is 9.48. The van der Waals surface area contributed by atoms with Crippen molar-refractivity contribution < 1.29 is 9.90 Å². The average molecular weight is 217 g/mol. The number of hydrogen-bond acceptors (Lipinski definition) is 3. The van der Waals surface area contributed by atoms with E-state index < -0.39 is 5.97 Å². The molecule has 0 aromatic rings. The standard InChI is InChI=1S/C10H19NO2S/c1-14-9-5-3-2-4-8(9)11-7-6-10(12)13/h8-9,11H,2-7H2,1H3,(H,12,13). The Hall–Kier alpha value is -0.220. The summed E-state index contributed by atoms with van der Waals surface area (Å²) in [5.41, 5.74) is 0. The minimum atomic E-state index is -0.714. The Morgan fingerprint density at radius 2 is 2.21 bits per heavy atom. The van der Waals surface area contributed by atoms with Crippen molar-refractivity contribution in [2.45, 2.75) is 43.4 Å². The van der Waals surface area contributed by atoms with Crippen molar-refractivity contribution in [2.75, 3.05) is 12.8 Å². The summed E-state index contributed by atoms with van der Waals surface area (Å²) in [5.74, 6) is -0.714. The van der Waals surface area contributed by atoms with E-state index in [0.29, 0.717) is 17.8 Å². The minimum Gasteiger partial charge on any atom is -0.481 e. The van der Waals surface area contributed by atoms with Crippen molar-refractivity contribution in [1.29, 1.82) is 0 Å². The third-order valence-electron chi connectivity index (χ3n) is 2.75. The number of carbonyl (C=O) groups is 1. The van der Waals surface area contributed by atoms with Gasteiger partial charge in [-0.25, -0.2) is 0 Å². The van der Waals surface area contributed by atoms with E-state index in [-0.39, 0.29) is 6.42 Å². The summed E-state index contributed by atoms with van der Waals surface area (Å²) in [7, 11) is 0. The van der Waals surface area contributed by atoms with Crippen LogP contribution in [0.4, 0.5) is 0 Å². The quantitative estimate of drug-likeness (QED) is 0.736. The Morgan fingerprint density at radius 3 is 2.86 bits per heavy atom. The van der Waals surface area contributed by atoms with Crippen LogP contribution in [-0.2, 0) is 4.79 Å². The van der Waals surface area contributed by atoms with Gasteiger partial charge in [0.15, 0.2) is 0 Å². The molecular formula is C10H19NO2S. The second-order valence-corrected chi connectivity index (χ2v) is 4.84. The average Bonchev–Trinajstić information content (AvgIpc) is 2.18. The molecule has 0 radical (unpaired) electrons. The zero-order valence-electron chi connectivity index (χ0n) is 8.66. The molecule has 4 heteroatoms. The van der Waals surface area contributed by atoms with Gasteiger partial charge in [-0.2, -0.15) is 11.8 Å². The molecular weight excluding hydrogens is 198 g/mol. The lowest BCUT2D eigenvalue weighted by molar-refractivity contribution is -0.136. The van der Waals surface area contributed by atoms with E-state index in [1.165, 1.54) is 25.7 Å². The van der Waals surface area contributed by atoms with Crippen molar-refractivity contribution in [2.24, 2.45) is 0 Å². The molecule has 2 atom stereocenters. The number of nitrogens with one attached hydrogen (secondary N) is 1. The van der Waals surface area contributed by atoms with E-state index in [9.17, 15) is 4.79 Å². The van der Waals surface area contributed by atoms with Crippen LogP contribution in [0.3, 0.4) is 0 Å². The first-order valence-corrected chi connectivity index (χ1v) is 6.51. The van der Waals surface area contributed by atoms with E-state index in [0.717, 1.165) is 0 Å². The molecule has 82 valence electrons. The van der Waals surface area contributed by atoms with Crippen LogP contribution >= 0.6 is 11.8 Å². The highest BCUT2D eigenvalue weighted by molar-refractivity contribution is 7.99. The molecule has 14 heavy (non-hydrogen) atoms. The van der Waals surface area contributed by atoms with Gasteiger partial charge in [-0.15, -0.1) is 0 Å². The predicted molar refractivity (Wildman–Crippen MR) is 59.8 cm³/mol. The van der Waals surface area contributed by atoms with Gasteiger partial charge < -0.3 is 10.4 Å². The molecule has 1 aliphatic rings. The number of carboxylic acid groups (broad SMARTS) is 1. The highest BCUT2D eigenvalue weighted by Gasteiger charge is 2.23. The molecule has 1 aliphatic carbocycles. The monoisotopic (exact) mass is 217 g/mol. The van der Waals surface area contributed by atoms with Gasteiger partial charge >= 0.3 is 5.97 Å². The van der Waals surface area contributed by atoms with Crippen LogP contribution in [-0.4, -0.2) is 35.2 Å². The third kappa shape index (κ3) is 3.88. The molecule has 0 bridgehead atoms. The molecule has 0 aromatic heterocycles. The van der Waals surface area contributed by atoms with Crippen LogP contribution in [0.1, 0.15) is 32.1 Å². The van der Waals surface area contributed by atoms with Gasteiger partial charge in [0.1, 0.15) is 0 Å². The van der Waals surface area contributed by atoms with Gasteiger partial charge in [0.25, 0.3) is 0 Å². The Balaban J connectivity index is 2.22. The second kappa shape index (κ2) is 6.30. The first-order valence-electron chi connectivity index (χ1n) is 5.22. The van der Waals surface area contributed by atoms with Crippen LogP contribution in [0.5, 0.6) is 0 Å². The van der Waals surface area contributed by atoms with E-state index in [1.807, 2.05) is 11.8 Å². The van der Waals surface area contributed by atoms with Crippen LogP contribution < -0.4 is 5.32 Å². The summed E-state index contributed by atoms with van der Waals surface area (Å²) in [5, 5.41) is 12.6. The summed E-state index contributed by atoms with van der Waals surface area (Å²) in [6, 6.07) is 0.526. The largest absolute Gasteiger partial charge is 0.481 e. The minimum absolute atomic E-state index is 0.234. The van der Waals surface area contributed by atoms with Crippen LogP contribution in [0.15, 0.2) is 0 Å². The highest BCUT2D eigenvalue weighted by Crippen LogP contribution is 2.26. The summed E-state index contributed by atoms with van der Waals surface area (Å²) in [4.78, 5) is 10.3. The van der Waals surface area contributed by atoms with Crippen molar-refractivity contribution in [3.05, 3.63) is 0 Å². The van der Waals surface area contributed by atoms with Gasteiger partial charge in [-0.05, 0) is 19.1 Å². The maximum atomic E-state index is 10.3. The smallest absolute Gasteiger partial charge is 0.304 e. The van der Waals surface area contributed by atoms with Crippen molar-refractivity contribution in [1.82, 2.24) is 5.32 Å². The molecule has 1 fully saturated rings. The maximum Gasteiger partial charge on any atom is 0.304 e. The molecule has 0 heterocycles. The fourth-order valence-corrected chi connectivity index (χ4v) is 2.94. The van der Waals surface area contributed by atoms with Crippen LogP contribution in [0, 0.1) is 0 Å². The van der Waals surface area contributed by atoms with Gasteiger partial charge in [0.2, 0.25) is 0 Å². The highest BCUT2D eigenvalue weighted by atomic mass is 32.2. The molecule has 1 rings (SSSR count). The van der Waals surface area contributed by atoms with E-state index >= 15 is 0 Å². The normalized spacial score (nSPS) is 27.5. The van der Waals surface area contributed by atoms with Gasteiger partial charge in [0, 0.05) is 17.8 Å². The maximum absolute atomic E-state index is 10.3. The number of aliphatic carboxylic acids is 1. The SMILES string of the molecule is CSC1CCCCC1NCCC(=O)O. The Bertz CT molecular complexity index is 187. The van der Waals surface area contributed by atoms with Gasteiger partial charge in [0.05, 0.1) is 6.42 Å². The molecule has 0 saturated heterocycles. The van der Waals surface area contributed by atoms with E-state index in [1.54, 1.807) is 0 Å². The summed E-state index contributed by atoms with van der Waals surface area (Å²) < 4.78 is 0. The Morgan fingerprint density at radius 1 is 1.50 bits per heavy atom. The van der Waals surface area contributed by atoms with Crippen molar-refractivity contribution >= 4 is 17.7 Å². The molecule has 3 nitrogen and oxygen atoms in total. The number of rotatable bonds is 5. The number of hydrogen-bond donors (Lipinski definition) is 2. The van der Waals surface area contributed by atoms with E-state index in [2.05, 4.69) is 11.6 Å². The molecule has 2 unspecified atom stereocenters. The number of carboxylic acids is 1. The lowest BCUT2D eigenvalue weighted by Crippen LogP contribution is -2.41. The Kier molecular flexibility index (Phi) is 5.33. The lowest BCUT2D eigenvalue weighted by atomic mass is 9.95.